The summed E-state index contributed by atoms with van der Waals surface area (Å²) in [6.07, 6.45) is 13.3. The number of alkyl halides is 3. The molecule has 0 unspecified atom stereocenters. The van der Waals surface area contributed by atoms with Crippen molar-refractivity contribution in [3.63, 3.8) is 0 Å². The molecule has 25 heteroatoms. The molecule has 1 aromatic carbocycles. The molecule has 0 aliphatic heterocycles. The summed E-state index contributed by atoms with van der Waals surface area (Å²) in [4.78, 5) is 12.1. The summed E-state index contributed by atoms with van der Waals surface area (Å²) in [6.45, 7) is 0. The highest BCUT2D eigenvalue weighted by Crippen LogP contribution is 2.32. The minimum absolute atomic E-state index is 0.0561. The van der Waals surface area contributed by atoms with Gasteiger partial charge in [-0.1, -0.05) is 12.1 Å². The minimum atomic E-state index is -5.97. The maximum Gasteiger partial charge on any atom is 0.534 e. The number of aromatic nitrogens is 11. The number of hydrogen-bond acceptors (Lipinski definition) is 14. The highest BCUT2D eigenvalue weighted by molar-refractivity contribution is 7.88. The summed E-state index contributed by atoms with van der Waals surface area (Å²) >= 11 is 0. The van der Waals surface area contributed by atoms with E-state index in [1.807, 2.05) is 13.2 Å². The lowest BCUT2D eigenvalue weighted by molar-refractivity contribution is -0.0501. The molecule has 0 bridgehead atoms. The molecule has 59 heavy (non-hydrogen) atoms. The van der Waals surface area contributed by atoms with Crippen LogP contribution in [0.15, 0.2) is 92.2 Å². The van der Waals surface area contributed by atoms with Crippen LogP contribution in [0.1, 0.15) is 11.1 Å². The Morgan fingerprint density at radius 1 is 0.712 bits per heavy atom. The average Bonchev–Trinajstić information content (AvgIpc) is 4.01. The SMILES string of the molecule is Cn1cc(-c2cn3ncc(C#N)c3c(-c3ccc(F)nc3)n2)cn1.Cn1cc(-c2cn3ncc(C#N)c3c(OS(=O)(=O)C(F)(F)F)n2)cn1.OB(O)c1ccc(F)cc1. The predicted molar refractivity (Wildman–Crippen MR) is 195 cm³/mol. The van der Waals surface area contributed by atoms with E-state index in [0.717, 1.165) is 16.3 Å². The van der Waals surface area contributed by atoms with Gasteiger partial charge in [0.05, 0.1) is 54.3 Å². The van der Waals surface area contributed by atoms with Gasteiger partial charge in [-0.3, -0.25) is 9.36 Å². The molecule has 0 fully saturated rings. The normalized spacial score (nSPS) is 11.2. The van der Waals surface area contributed by atoms with E-state index in [1.165, 1.54) is 66.0 Å². The van der Waals surface area contributed by atoms with E-state index in [0.29, 0.717) is 39.1 Å². The first kappa shape index (κ1) is 41.0. The fourth-order valence-electron chi connectivity index (χ4n) is 5.10. The molecule has 298 valence electrons. The van der Waals surface area contributed by atoms with Crippen molar-refractivity contribution in [3.8, 4) is 51.8 Å². The van der Waals surface area contributed by atoms with Gasteiger partial charge in [-0.05, 0) is 29.7 Å². The molecule has 2 N–H and O–H groups in total. The van der Waals surface area contributed by atoms with Gasteiger partial charge in [-0.25, -0.2) is 28.4 Å². The van der Waals surface area contributed by atoms with Gasteiger partial charge >= 0.3 is 22.7 Å². The first-order chi connectivity index (χ1) is 28.0. The van der Waals surface area contributed by atoms with Gasteiger partial charge in [0.1, 0.15) is 40.1 Å². The van der Waals surface area contributed by atoms with Gasteiger partial charge in [0, 0.05) is 49.4 Å². The van der Waals surface area contributed by atoms with E-state index in [-0.39, 0.29) is 22.6 Å². The van der Waals surface area contributed by atoms with Crippen LogP contribution in [-0.2, 0) is 24.2 Å². The zero-order valence-corrected chi connectivity index (χ0v) is 30.8. The molecule has 8 rings (SSSR count). The molecular weight excluding hydrogens is 808 g/mol. The van der Waals surface area contributed by atoms with Crippen LogP contribution in [0.3, 0.4) is 0 Å². The number of aryl methyl sites for hydroxylation is 2. The number of pyridine rings is 1. The molecular formula is C34H23BF5N13O5S. The maximum absolute atomic E-state index is 13.1. The Hall–Kier alpha value is -7.61. The lowest BCUT2D eigenvalue weighted by Gasteiger charge is -2.10. The van der Waals surface area contributed by atoms with Crippen LogP contribution >= 0.6 is 0 Å². The second-order valence-corrected chi connectivity index (χ2v) is 13.5. The molecule has 7 aromatic heterocycles. The van der Waals surface area contributed by atoms with Crippen molar-refractivity contribution in [3.05, 3.63) is 115 Å². The summed E-state index contributed by atoms with van der Waals surface area (Å²) in [5.74, 6) is -1.87. The van der Waals surface area contributed by atoms with E-state index in [1.54, 1.807) is 40.8 Å². The lowest BCUT2D eigenvalue weighted by atomic mass is 9.80. The average molecular weight is 832 g/mol. The van der Waals surface area contributed by atoms with Crippen LogP contribution in [-0.4, -0.2) is 84.8 Å². The maximum atomic E-state index is 13.1. The van der Waals surface area contributed by atoms with Crippen molar-refractivity contribution in [1.29, 1.82) is 10.5 Å². The number of nitriles is 2. The summed E-state index contributed by atoms with van der Waals surface area (Å²) in [7, 11) is -4.07. The quantitative estimate of drug-likeness (QED) is 0.0806. The fraction of sp³-hybridized carbons (Fsp3) is 0.0882. The smallest absolute Gasteiger partial charge is 0.423 e. The van der Waals surface area contributed by atoms with Crippen LogP contribution in [0.5, 0.6) is 5.88 Å². The molecule has 0 saturated heterocycles. The second kappa shape index (κ2) is 16.5. The third-order valence-electron chi connectivity index (χ3n) is 7.84. The summed E-state index contributed by atoms with van der Waals surface area (Å²) in [5.41, 5.74) is -1.91. The third-order valence-corrected chi connectivity index (χ3v) is 8.79. The molecule has 18 nitrogen and oxygen atoms in total. The van der Waals surface area contributed by atoms with Gasteiger partial charge in [-0.15, -0.1) is 0 Å². The molecule has 0 aliphatic carbocycles. The molecule has 0 atom stereocenters. The van der Waals surface area contributed by atoms with E-state index < -0.39 is 34.6 Å². The van der Waals surface area contributed by atoms with Crippen molar-refractivity contribution >= 4 is 33.7 Å². The first-order valence-corrected chi connectivity index (χ1v) is 17.7. The Morgan fingerprint density at radius 3 is 1.73 bits per heavy atom. The zero-order valence-electron chi connectivity index (χ0n) is 30.0. The zero-order chi connectivity index (χ0) is 42.6. The van der Waals surface area contributed by atoms with E-state index in [4.69, 9.17) is 15.3 Å². The van der Waals surface area contributed by atoms with Crippen molar-refractivity contribution in [2.75, 3.05) is 0 Å². The number of fused-ring (bicyclic) bond motifs is 2. The monoisotopic (exact) mass is 831 g/mol. The predicted octanol–water partition coefficient (Wildman–Crippen LogP) is 2.94. The fourth-order valence-corrected chi connectivity index (χ4v) is 5.52. The van der Waals surface area contributed by atoms with Crippen molar-refractivity contribution < 1.29 is 44.6 Å². The van der Waals surface area contributed by atoms with Crippen LogP contribution in [0, 0.1) is 34.4 Å². The Bertz CT molecular complexity index is 2990. The van der Waals surface area contributed by atoms with Crippen LogP contribution in [0.4, 0.5) is 22.0 Å². The molecule has 0 spiro atoms. The number of hydrogen-bond donors (Lipinski definition) is 2. The number of benzene rings is 1. The lowest BCUT2D eigenvalue weighted by Crippen LogP contribution is -2.29. The molecule has 8 aromatic rings. The van der Waals surface area contributed by atoms with Crippen molar-refractivity contribution in [2.24, 2.45) is 14.1 Å². The van der Waals surface area contributed by atoms with Crippen LogP contribution in [0.25, 0.3) is 44.8 Å². The highest BCUT2D eigenvalue weighted by Gasteiger charge is 2.49. The summed E-state index contributed by atoms with van der Waals surface area (Å²) in [5, 5.41) is 51.5. The third kappa shape index (κ3) is 9.02. The standard InChI is InChI=1S/C16H10FN7.C12H7F3N6O3S.C6H6BFO2/c1-23-8-12(7-20-23)13-9-24-16(11(4-18)6-21-24)15(22-13)10-2-3-14(17)19-5-10;1-20-5-8(4-17-20)9-6-21-10(7(2-16)3-18-21)11(19-9)24-25(22,23)12(13,14)15;8-6-3-1-5(2-4-6)7(9)10/h2-3,5-9H,1H3;3-6H,1H3;1-4,9-10H. The van der Waals surface area contributed by atoms with Gasteiger partial charge in [0.25, 0.3) is 5.88 Å². The molecule has 0 saturated carbocycles. The Kier molecular flexibility index (Phi) is 11.5. The molecule has 0 amide bonds. The molecule has 0 aliphatic rings. The largest absolute Gasteiger partial charge is 0.534 e. The van der Waals surface area contributed by atoms with Gasteiger partial charge in [0.15, 0.2) is 0 Å². The topological polar surface area (TPSA) is 240 Å². The van der Waals surface area contributed by atoms with Crippen LogP contribution in [0.2, 0.25) is 0 Å². The van der Waals surface area contributed by atoms with Crippen molar-refractivity contribution in [1.82, 2.24) is 53.7 Å². The number of nitrogens with zero attached hydrogens (tertiary/aromatic N) is 13. The Labute approximate surface area is 328 Å². The minimum Gasteiger partial charge on any atom is -0.423 e. The van der Waals surface area contributed by atoms with Gasteiger partial charge in [0.2, 0.25) is 5.95 Å². The molecule has 0 radical (unpaired) electrons. The number of halogens is 5. The summed E-state index contributed by atoms with van der Waals surface area (Å²) in [6, 6.07) is 11.6. The van der Waals surface area contributed by atoms with Gasteiger partial charge in [-0.2, -0.15) is 56.9 Å². The summed E-state index contributed by atoms with van der Waals surface area (Å²) < 4.78 is 95.6. The van der Waals surface area contributed by atoms with Gasteiger partial charge < -0.3 is 14.2 Å². The van der Waals surface area contributed by atoms with Crippen LogP contribution < -0.4 is 9.65 Å². The Balaban J connectivity index is 0.000000162. The Morgan fingerprint density at radius 2 is 1.25 bits per heavy atom. The number of rotatable bonds is 6. The van der Waals surface area contributed by atoms with E-state index in [2.05, 4.69) is 45.6 Å². The van der Waals surface area contributed by atoms with Crippen molar-refractivity contribution in [2.45, 2.75) is 5.51 Å². The second-order valence-electron chi connectivity index (χ2n) is 11.9. The van der Waals surface area contributed by atoms with E-state index in [9.17, 15) is 35.6 Å². The highest BCUT2D eigenvalue weighted by atomic mass is 32.2. The van der Waals surface area contributed by atoms with E-state index >= 15 is 0 Å². The molecule has 7 heterocycles. The first-order valence-electron chi connectivity index (χ1n) is 16.3.